The van der Waals surface area contributed by atoms with Gasteiger partial charge >= 0.3 is 0 Å². The van der Waals surface area contributed by atoms with Gasteiger partial charge in [0.25, 0.3) is 0 Å². The summed E-state index contributed by atoms with van der Waals surface area (Å²) in [4.78, 5) is 2.82. The van der Waals surface area contributed by atoms with Crippen LogP contribution in [0.2, 0.25) is 0 Å². The highest BCUT2D eigenvalue weighted by Crippen LogP contribution is 2.32. The van der Waals surface area contributed by atoms with Crippen LogP contribution in [0.4, 0.5) is 0 Å². The molecular weight excluding hydrogens is 232 g/mol. The lowest BCUT2D eigenvalue weighted by Gasteiger charge is -2.44. The highest BCUT2D eigenvalue weighted by Gasteiger charge is 2.34. The Morgan fingerprint density at radius 3 is 2.63 bits per heavy atom. The summed E-state index contributed by atoms with van der Waals surface area (Å²) < 4.78 is 0. The Bertz CT molecular complexity index is 262. The second-order valence-corrected chi connectivity index (χ2v) is 7.50. The van der Waals surface area contributed by atoms with Crippen LogP contribution >= 0.6 is 0 Å². The molecule has 1 saturated heterocycles. The molecule has 0 bridgehead atoms. The third-order valence-corrected chi connectivity index (χ3v) is 5.04. The molecular formula is C17H34N2. The molecule has 0 amide bonds. The largest absolute Gasteiger partial charge is 0.312 e. The lowest BCUT2D eigenvalue weighted by Crippen LogP contribution is -2.54. The molecule has 2 aliphatic rings. The number of hydrogen-bond acceptors (Lipinski definition) is 2. The van der Waals surface area contributed by atoms with Gasteiger partial charge in [0, 0.05) is 18.6 Å². The first kappa shape index (κ1) is 15.3. The Hall–Kier alpha value is -0.0800. The normalized spacial score (nSPS) is 33.0. The minimum atomic E-state index is 0.528. The topological polar surface area (TPSA) is 15.3 Å². The van der Waals surface area contributed by atoms with Gasteiger partial charge in [-0.1, -0.05) is 40.0 Å². The summed E-state index contributed by atoms with van der Waals surface area (Å²) in [6, 6.07) is 1.55. The van der Waals surface area contributed by atoms with Crippen molar-refractivity contribution < 1.29 is 0 Å². The molecule has 2 nitrogen and oxygen atoms in total. The first-order valence-corrected chi connectivity index (χ1v) is 8.60. The number of nitrogens with zero attached hydrogens (tertiary/aromatic N) is 1. The van der Waals surface area contributed by atoms with Gasteiger partial charge < -0.3 is 5.32 Å². The molecule has 1 N–H and O–H groups in total. The molecule has 0 spiro atoms. The molecule has 0 aromatic rings. The third-order valence-electron chi connectivity index (χ3n) is 5.04. The molecule has 2 rings (SSSR count). The van der Waals surface area contributed by atoms with Crippen LogP contribution in [0, 0.1) is 5.41 Å². The summed E-state index contributed by atoms with van der Waals surface area (Å²) in [5, 5.41) is 3.84. The second-order valence-electron chi connectivity index (χ2n) is 7.50. The standard InChI is InChI=1S/C17H34N2/c1-4-12-18-15-9-6-5-7-10-16(15)19-13-8-11-17(2,3)14-19/h15-16,18H,4-14H2,1-3H3. The Morgan fingerprint density at radius 1 is 1.11 bits per heavy atom. The zero-order valence-electron chi connectivity index (χ0n) is 13.4. The van der Waals surface area contributed by atoms with Crippen LogP contribution in [0.5, 0.6) is 0 Å². The summed E-state index contributed by atoms with van der Waals surface area (Å²) in [5.74, 6) is 0. The number of rotatable bonds is 4. The third kappa shape index (κ3) is 4.46. The molecule has 1 saturated carbocycles. The van der Waals surface area contributed by atoms with Gasteiger partial charge in [-0.05, 0) is 50.6 Å². The first-order valence-electron chi connectivity index (χ1n) is 8.60. The van der Waals surface area contributed by atoms with Crippen molar-refractivity contribution in [2.75, 3.05) is 19.6 Å². The quantitative estimate of drug-likeness (QED) is 0.778. The molecule has 2 fully saturated rings. The zero-order chi connectivity index (χ0) is 13.7. The Labute approximate surface area is 120 Å². The number of hydrogen-bond donors (Lipinski definition) is 1. The van der Waals surface area contributed by atoms with E-state index in [1.807, 2.05) is 0 Å². The van der Waals surface area contributed by atoms with Crippen molar-refractivity contribution in [3.8, 4) is 0 Å². The number of nitrogens with one attached hydrogen (secondary N) is 1. The van der Waals surface area contributed by atoms with Crippen molar-refractivity contribution in [3.05, 3.63) is 0 Å². The summed E-state index contributed by atoms with van der Waals surface area (Å²) >= 11 is 0. The van der Waals surface area contributed by atoms with E-state index in [4.69, 9.17) is 0 Å². The lowest BCUT2D eigenvalue weighted by atomic mass is 9.82. The average Bonchev–Trinajstić information content (AvgIpc) is 2.60. The van der Waals surface area contributed by atoms with Gasteiger partial charge in [0.05, 0.1) is 0 Å². The summed E-state index contributed by atoms with van der Waals surface area (Å²) in [7, 11) is 0. The van der Waals surface area contributed by atoms with Gasteiger partial charge in [0.1, 0.15) is 0 Å². The molecule has 0 aromatic heterocycles. The fourth-order valence-corrected chi connectivity index (χ4v) is 4.04. The maximum absolute atomic E-state index is 3.84. The molecule has 1 heterocycles. The lowest BCUT2D eigenvalue weighted by molar-refractivity contribution is 0.0574. The van der Waals surface area contributed by atoms with Crippen molar-refractivity contribution in [1.29, 1.82) is 0 Å². The highest BCUT2D eigenvalue weighted by molar-refractivity contribution is 4.91. The van der Waals surface area contributed by atoms with Crippen LogP contribution in [0.25, 0.3) is 0 Å². The Kier molecular flexibility index (Phi) is 5.70. The molecule has 2 heteroatoms. The minimum Gasteiger partial charge on any atom is -0.312 e. The van der Waals surface area contributed by atoms with E-state index < -0.39 is 0 Å². The highest BCUT2D eigenvalue weighted by atomic mass is 15.2. The summed E-state index contributed by atoms with van der Waals surface area (Å²) in [5.41, 5.74) is 0.528. The van der Waals surface area contributed by atoms with E-state index in [2.05, 4.69) is 31.0 Å². The van der Waals surface area contributed by atoms with E-state index in [9.17, 15) is 0 Å². The first-order chi connectivity index (χ1) is 9.12. The molecule has 0 radical (unpaired) electrons. The SMILES string of the molecule is CCCNC1CCCCCC1N1CCCC(C)(C)C1. The van der Waals surface area contributed by atoms with Crippen LogP contribution in [-0.2, 0) is 0 Å². The van der Waals surface area contributed by atoms with Crippen LogP contribution in [0.3, 0.4) is 0 Å². The Morgan fingerprint density at radius 2 is 1.89 bits per heavy atom. The predicted octanol–water partition coefficient (Wildman–Crippen LogP) is 3.81. The van der Waals surface area contributed by atoms with Crippen molar-refractivity contribution in [2.24, 2.45) is 5.41 Å². The monoisotopic (exact) mass is 266 g/mol. The van der Waals surface area contributed by atoms with Gasteiger partial charge in [-0.15, -0.1) is 0 Å². The second kappa shape index (κ2) is 7.08. The fourth-order valence-electron chi connectivity index (χ4n) is 4.04. The van der Waals surface area contributed by atoms with Crippen molar-refractivity contribution in [1.82, 2.24) is 10.2 Å². The van der Waals surface area contributed by atoms with Crippen LogP contribution in [-0.4, -0.2) is 36.6 Å². The van der Waals surface area contributed by atoms with Gasteiger partial charge in [-0.25, -0.2) is 0 Å². The van der Waals surface area contributed by atoms with Gasteiger partial charge in [0.2, 0.25) is 0 Å². The average molecular weight is 266 g/mol. The maximum Gasteiger partial charge on any atom is 0.0249 e. The predicted molar refractivity (Wildman–Crippen MR) is 83.5 cm³/mol. The summed E-state index contributed by atoms with van der Waals surface area (Å²) in [6.45, 7) is 11.0. The van der Waals surface area contributed by atoms with E-state index in [0.29, 0.717) is 5.41 Å². The van der Waals surface area contributed by atoms with Crippen LogP contribution in [0.15, 0.2) is 0 Å². The molecule has 2 atom stereocenters. The smallest absolute Gasteiger partial charge is 0.0249 e. The van der Waals surface area contributed by atoms with Crippen molar-refractivity contribution in [3.63, 3.8) is 0 Å². The summed E-state index contributed by atoms with van der Waals surface area (Å²) in [6.07, 6.45) is 11.2. The molecule has 1 aliphatic carbocycles. The van der Waals surface area contributed by atoms with Gasteiger partial charge in [-0.3, -0.25) is 4.90 Å². The minimum absolute atomic E-state index is 0.528. The maximum atomic E-state index is 3.84. The van der Waals surface area contributed by atoms with E-state index in [0.717, 1.165) is 12.1 Å². The number of piperidine rings is 1. The zero-order valence-corrected chi connectivity index (χ0v) is 13.4. The van der Waals surface area contributed by atoms with E-state index >= 15 is 0 Å². The van der Waals surface area contributed by atoms with Crippen LogP contribution < -0.4 is 5.32 Å². The molecule has 112 valence electrons. The molecule has 1 aliphatic heterocycles. The van der Waals surface area contributed by atoms with Crippen molar-refractivity contribution in [2.45, 2.75) is 84.2 Å². The van der Waals surface area contributed by atoms with Gasteiger partial charge in [-0.2, -0.15) is 0 Å². The van der Waals surface area contributed by atoms with Crippen molar-refractivity contribution >= 4 is 0 Å². The van der Waals surface area contributed by atoms with E-state index in [1.54, 1.807) is 0 Å². The number of likely N-dealkylation sites (tertiary alicyclic amines) is 1. The van der Waals surface area contributed by atoms with E-state index in [1.165, 1.54) is 71.0 Å². The molecule has 19 heavy (non-hydrogen) atoms. The van der Waals surface area contributed by atoms with E-state index in [-0.39, 0.29) is 0 Å². The molecule has 0 aromatic carbocycles. The Balaban J connectivity index is 1.99. The fraction of sp³-hybridized carbons (Fsp3) is 1.00. The van der Waals surface area contributed by atoms with Crippen LogP contribution in [0.1, 0.15) is 72.1 Å². The van der Waals surface area contributed by atoms with Gasteiger partial charge in [0.15, 0.2) is 0 Å². The molecule has 2 unspecified atom stereocenters.